The van der Waals surface area contributed by atoms with Gasteiger partial charge in [-0.2, -0.15) is 0 Å². The predicted octanol–water partition coefficient (Wildman–Crippen LogP) is 3.61. The molecule has 0 aromatic carbocycles. The summed E-state index contributed by atoms with van der Waals surface area (Å²) in [4.78, 5) is 0. The van der Waals surface area contributed by atoms with Gasteiger partial charge in [0.15, 0.2) is 0 Å². The van der Waals surface area contributed by atoms with Crippen molar-refractivity contribution < 1.29 is 5.11 Å². The number of aliphatic hydroxyl groups is 1. The molecule has 0 aromatic rings. The first-order valence-electron chi connectivity index (χ1n) is 7.01. The van der Waals surface area contributed by atoms with Crippen LogP contribution in [0.2, 0.25) is 0 Å². The molecule has 1 heteroatoms. The Bertz CT molecular complexity index is 321. The van der Waals surface area contributed by atoms with Crippen molar-refractivity contribution in [3.63, 3.8) is 0 Å². The van der Waals surface area contributed by atoms with Gasteiger partial charge in [-0.15, -0.1) is 0 Å². The molecule has 3 fully saturated rings. The van der Waals surface area contributed by atoms with E-state index in [9.17, 15) is 5.11 Å². The Morgan fingerprint density at radius 1 is 1.00 bits per heavy atom. The van der Waals surface area contributed by atoms with Crippen LogP contribution in [0.15, 0.2) is 0 Å². The molecule has 0 aromatic heterocycles. The quantitative estimate of drug-likeness (QED) is 0.664. The van der Waals surface area contributed by atoms with Crippen LogP contribution in [0, 0.1) is 28.1 Å². The van der Waals surface area contributed by atoms with Gasteiger partial charge in [0, 0.05) is 0 Å². The van der Waals surface area contributed by atoms with Gasteiger partial charge in [-0.3, -0.25) is 0 Å². The van der Waals surface area contributed by atoms with Crippen molar-refractivity contribution in [2.24, 2.45) is 28.1 Å². The molecule has 0 spiro atoms. The Morgan fingerprint density at radius 3 is 2.38 bits per heavy atom. The molecule has 1 nitrogen and oxygen atoms in total. The first-order chi connectivity index (χ1) is 7.33. The lowest BCUT2D eigenvalue weighted by Gasteiger charge is -2.44. The molecular weight excluding hydrogens is 196 g/mol. The third kappa shape index (κ3) is 1.06. The fourth-order valence-corrected chi connectivity index (χ4v) is 5.18. The minimum absolute atomic E-state index is 0.0532. The van der Waals surface area contributed by atoms with Crippen LogP contribution in [0.3, 0.4) is 0 Å². The third-order valence-corrected chi connectivity index (χ3v) is 6.94. The Morgan fingerprint density at radius 2 is 1.69 bits per heavy atom. The highest BCUT2D eigenvalue weighted by molar-refractivity contribution is 5.17. The highest BCUT2D eigenvalue weighted by Crippen LogP contribution is 2.72. The van der Waals surface area contributed by atoms with Crippen molar-refractivity contribution in [1.29, 1.82) is 0 Å². The van der Waals surface area contributed by atoms with Gasteiger partial charge in [0.25, 0.3) is 0 Å². The van der Waals surface area contributed by atoms with E-state index >= 15 is 0 Å². The van der Waals surface area contributed by atoms with Gasteiger partial charge in [-0.1, -0.05) is 34.1 Å². The van der Waals surface area contributed by atoms with Gasteiger partial charge < -0.3 is 5.11 Å². The lowest BCUT2D eigenvalue weighted by molar-refractivity contribution is -0.0523. The Balaban J connectivity index is 1.97. The standard InChI is InChI=1S/C15H26O/c1-13(2)10-6-9-14(3)7-5-8-15(14,4)12(16)11(10)13/h10-12,16H,5-9H2,1-4H3/t10-,11-,12+,14+,15-/m1/s1. The number of aliphatic hydroxyl groups excluding tert-OH is 1. The van der Waals surface area contributed by atoms with Crippen LogP contribution < -0.4 is 0 Å². The lowest BCUT2D eigenvalue weighted by atomic mass is 9.62. The van der Waals surface area contributed by atoms with Crippen molar-refractivity contribution >= 4 is 0 Å². The monoisotopic (exact) mass is 222 g/mol. The summed E-state index contributed by atoms with van der Waals surface area (Å²) in [7, 11) is 0. The molecule has 0 radical (unpaired) electrons. The maximum atomic E-state index is 10.8. The minimum Gasteiger partial charge on any atom is -0.392 e. The summed E-state index contributed by atoms with van der Waals surface area (Å²) in [6.45, 7) is 9.50. The summed E-state index contributed by atoms with van der Waals surface area (Å²) in [6, 6.07) is 0. The van der Waals surface area contributed by atoms with E-state index in [1.54, 1.807) is 0 Å². The summed E-state index contributed by atoms with van der Waals surface area (Å²) in [5.41, 5.74) is 1.02. The third-order valence-electron chi connectivity index (χ3n) is 6.94. The topological polar surface area (TPSA) is 20.2 Å². The second kappa shape index (κ2) is 2.85. The molecule has 0 saturated heterocycles. The van der Waals surface area contributed by atoms with Gasteiger partial charge >= 0.3 is 0 Å². The Labute approximate surface area is 99.6 Å². The average Bonchev–Trinajstić information content (AvgIpc) is 2.63. The molecule has 3 aliphatic carbocycles. The Hall–Kier alpha value is -0.0400. The molecule has 1 N–H and O–H groups in total. The number of rotatable bonds is 0. The second-order valence-electron chi connectivity index (χ2n) is 7.77. The molecule has 0 aliphatic heterocycles. The first-order valence-corrected chi connectivity index (χ1v) is 7.01. The largest absolute Gasteiger partial charge is 0.392 e. The van der Waals surface area contributed by atoms with Crippen LogP contribution in [0.5, 0.6) is 0 Å². The molecule has 0 unspecified atom stereocenters. The maximum absolute atomic E-state index is 10.8. The number of hydrogen-bond acceptors (Lipinski definition) is 1. The molecule has 0 heterocycles. The Kier molecular flexibility index (Phi) is 1.98. The van der Waals surface area contributed by atoms with Gasteiger partial charge in [0.1, 0.15) is 0 Å². The van der Waals surface area contributed by atoms with Gasteiger partial charge in [0.2, 0.25) is 0 Å². The van der Waals surface area contributed by atoms with Crippen LogP contribution in [-0.4, -0.2) is 11.2 Å². The van der Waals surface area contributed by atoms with E-state index in [-0.39, 0.29) is 11.5 Å². The molecule has 0 amide bonds. The minimum atomic E-state index is -0.0532. The van der Waals surface area contributed by atoms with E-state index in [1.165, 1.54) is 32.1 Å². The predicted molar refractivity (Wildman–Crippen MR) is 66.1 cm³/mol. The first kappa shape index (κ1) is 11.1. The SMILES string of the molecule is CC1(C)[C@@H]2[C@H]1CC[C@]1(C)CCC[C@]1(C)[C@H]2O. The van der Waals surface area contributed by atoms with Gasteiger partial charge in [0.05, 0.1) is 6.10 Å². The zero-order valence-corrected chi connectivity index (χ0v) is 11.2. The molecular formula is C15H26O. The molecule has 3 aliphatic rings. The van der Waals surface area contributed by atoms with Crippen molar-refractivity contribution in [2.45, 2.75) is 65.9 Å². The molecule has 0 bridgehead atoms. The molecule has 3 rings (SSSR count). The molecule has 3 saturated carbocycles. The van der Waals surface area contributed by atoms with Crippen LogP contribution in [0.4, 0.5) is 0 Å². The van der Waals surface area contributed by atoms with Crippen LogP contribution in [-0.2, 0) is 0 Å². The number of hydrogen-bond donors (Lipinski definition) is 1. The van der Waals surface area contributed by atoms with Crippen molar-refractivity contribution in [3.8, 4) is 0 Å². The van der Waals surface area contributed by atoms with Gasteiger partial charge in [-0.05, 0) is 53.8 Å². The fraction of sp³-hybridized carbons (Fsp3) is 1.00. The summed E-state index contributed by atoms with van der Waals surface area (Å²) in [5.74, 6) is 1.37. The highest BCUT2D eigenvalue weighted by Gasteiger charge is 2.68. The second-order valence-corrected chi connectivity index (χ2v) is 7.77. The highest BCUT2D eigenvalue weighted by atomic mass is 16.3. The lowest BCUT2D eigenvalue weighted by Crippen LogP contribution is -2.43. The van der Waals surface area contributed by atoms with Crippen molar-refractivity contribution in [2.75, 3.05) is 0 Å². The van der Waals surface area contributed by atoms with Crippen LogP contribution in [0.1, 0.15) is 59.8 Å². The molecule has 16 heavy (non-hydrogen) atoms. The summed E-state index contributed by atoms with van der Waals surface area (Å²) in [5, 5.41) is 10.8. The van der Waals surface area contributed by atoms with E-state index in [4.69, 9.17) is 0 Å². The van der Waals surface area contributed by atoms with E-state index in [0.29, 0.717) is 16.7 Å². The van der Waals surface area contributed by atoms with E-state index in [1.807, 2.05) is 0 Å². The molecule has 92 valence electrons. The summed E-state index contributed by atoms with van der Waals surface area (Å²) >= 11 is 0. The average molecular weight is 222 g/mol. The fourth-order valence-electron chi connectivity index (χ4n) is 5.18. The maximum Gasteiger partial charge on any atom is 0.0635 e. The van der Waals surface area contributed by atoms with Gasteiger partial charge in [-0.25, -0.2) is 0 Å². The van der Waals surface area contributed by atoms with E-state index < -0.39 is 0 Å². The zero-order chi connectivity index (χ0) is 11.8. The van der Waals surface area contributed by atoms with Crippen molar-refractivity contribution in [1.82, 2.24) is 0 Å². The number of fused-ring (bicyclic) bond motifs is 2. The zero-order valence-electron chi connectivity index (χ0n) is 11.2. The smallest absolute Gasteiger partial charge is 0.0635 e. The van der Waals surface area contributed by atoms with E-state index in [0.717, 1.165) is 5.92 Å². The van der Waals surface area contributed by atoms with E-state index in [2.05, 4.69) is 27.7 Å². The van der Waals surface area contributed by atoms with Crippen LogP contribution >= 0.6 is 0 Å². The van der Waals surface area contributed by atoms with Crippen LogP contribution in [0.25, 0.3) is 0 Å². The summed E-state index contributed by atoms with van der Waals surface area (Å²) < 4.78 is 0. The summed E-state index contributed by atoms with van der Waals surface area (Å²) in [6.07, 6.45) is 6.53. The molecule has 5 atom stereocenters. The van der Waals surface area contributed by atoms with Crippen molar-refractivity contribution in [3.05, 3.63) is 0 Å². The normalized spacial score (nSPS) is 58.7.